The molecule has 0 radical (unpaired) electrons. The Bertz CT molecular complexity index is 595. The topological polar surface area (TPSA) is 78.0 Å². The highest BCUT2D eigenvalue weighted by molar-refractivity contribution is 5.91. The summed E-state index contributed by atoms with van der Waals surface area (Å²) in [6.45, 7) is 8.41. The van der Waals surface area contributed by atoms with Crippen molar-refractivity contribution < 1.29 is 23.8 Å². The van der Waals surface area contributed by atoms with Crippen molar-refractivity contribution in [2.24, 2.45) is 0 Å². The van der Waals surface area contributed by atoms with Gasteiger partial charge in [0.15, 0.2) is 0 Å². The molecule has 126 valence electrons. The number of rotatable bonds is 2. The minimum absolute atomic E-state index is 0.273. The summed E-state index contributed by atoms with van der Waals surface area (Å²) in [7, 11) is 0. The van der Waals surface area contributed by atoms with Gasteiger partial charge in [-0.1, -0.05) is 0 Å². The lowest BCUT2D eigenvalue weighted by Crippen LogP contribution is -2.38. The monoisotopic (exact) mass is 322 g/mol. The number of carbonyl (C=O) groups excluding carboxylic acids is 2. The molecule has 1 aromatic rings. The van der Waals surface area contributed by atoms with Crippen LogP contribution in [0.25, 0.3) is 0 Å². The van der Waals surface area contributed by atoms with Gasteiger partial charge in [0.05, 0.1) is 31.9 Å². The lowest BCUT2D eigenvalue weighted by molar-refractivity contribution is 0.0523. The van der Waals surface area contributed by atoms with Gasteiger partial charge in [0, 0.05) is 11.8 Å². The number of nitrogens with zero attached hydrogens (tertiary/aromatic N) is 2. The van der Waals surface area contributed by atoms with Crippen LogP contribution in [0.2, 0.25) is 0 Å². The highest BCUT2D eigenvalue weighted by atomic mass is 16.6. The van der Waals surface area contributed by atoms with E-state index in [0.717, 1.165) is 0 Å². The quantitative estimate of drug-likeness (QED) is 0.779. The Morgan fingerprint density at radius 1 is 1.39 bits per heavy atom. The molecule has 0 fully saturated rings. The summed E-state index contributed by atoms with van der Waals surface area (Å²) in [6.07, 6.45) is 0.917. The molecule has 1 amide bonds. The molecule has 2 rings (SSSR count). The first-order valence-corrected chi connectivity index (χ1v) is 7.56. The maximum atomic E-state index is 12.4. The van der Waals surface area contributed by atoms with Crippen molar-refractivity contribution in [3.05, 3.63) is 23.4 Å². The molecule has 23 heavy (non-hydrogen) atoms. The minimum Gasteiger partial charge on any atom is -0.462 e. The summed E-state index contributed by atoms with van der Waals surface area (Å²) in [5.41, 5.74) is 0.383. The number of pyridine rings is 1. The molecule has 7 heteroatoms. The number of fused-ring (bicyclic) bond motifs is 1. The summed E-state index contributed by atoms with van der Waals surface area (Å²) in [6, 6.07) is 1.64. The van der Waals surface area contributed by atoms with Crippen LogP contribution in [-0.4, -0.2) is 42.4 Å². The summed E-state index contributed by atoms with van der Waals surface area (Å²) >= 11 is 0. The van der Waals surface area contributed by atoms with Crippen molar-refractivity contribution in [2.75, 3.05) is 24.7 Å². The van der Waals surface area contributed by atoms with Crippen LogP contribution in [0.1, 0.15) is 43.6 Å². The van der Waals surface area contributed by atoms with Gasteiger partial charge in [-0.25, -0.2) is 14.6 Å². The molecule has 2 heterocycles. The fourth-order valence-corrected chi connectivity index (χ4v) is 2.12. The number of aromatic nitrogens is 1. The molecule has 0 saturated heterocycles. The van der Waals surface area contributed by atoms with Crippen LogP contribution < -0.4 is 4.90 Å². The molecule has 0 aliphatic carbocycles. The van der Waals surface area contributed by atoms with Crippen molar-refractivity contribution in [1.82, 2.24) is 4.98 Å². The third kappa shape index (κ3) is 4.41. The lowest BCUT2D eigenvalue weighted by Gasteiger charge is -2.26. The van der Waals surface area contributed by atoms with Crippen LogP contribution in [0.5, 0.6) is 0 Å². The Labute approximate surface area is 135 Å². The number of hydrogen-bond acceptors (Lipinski definition) is 6. The van der Waals surface area contributed by atoms with Crippen LogP contribution >= 0.6 is 0 Å². The Kier molecular flexibility index (Phi) is 5.20. The molecule has 0 unspecified atom stereocenters. The fraction of sp³-hybridized carbons (Fsp3) is 0.562. The zero-order valence-electron chi connectivity index (χ0n) is 13.9. The zero-order valence-corrected chi connectivity index (χ0v) is 13.9. The Morgan fingerprint density at radius 3 is 2.78 bits per heavy atom. The van der Waals surface area contributed by atoms with Gasteiger partial charge in [0.1, 0.15) is 11.4 Å². The first kappa shape index (κ1) is 17.2. The number of ether oxygens (including phenoxy) is 3. The van der Waals surface area contributed by atoms with Crippen molar-refractivity contribution in [3.8, 4) is 0 Å². The average molecular weight is 322 g/mol. The van der Waals surface area contributed by atoms with Gasteiger partial charge in [-0.3, -0.25) is 4.90 Å². The van der Waals surface area contributed by atoms with Gasteiger partial charge in [-0.2, -0.15) is 0 Å². The maximum Gasteiger partial charge on any atom is 0.416 e. The van der Waals surface area contributed by atoms with Crippen molar-refractivity contribution >= 4 is 17.9 Å². The highest BCUT2D eigenvalue weighted by Gasteiger charge is 2.28. The van der Waals surface area contributed by atoms with Gasteiger partial charge < -0.3 is 14.2 Å². The first-order valence-electron chi connectivity index (χ1n) is 7.56. The Morgan fingerprint density at radius 2 is 2.13 bits per heavy atom. The second-order valence-electron chi connectivity index (χ2n) is 6.11. The molecular formula is C16H22N2O5. The van der Waals surface area contributed by atoms with Crippen LogP contribution in [0.3, 0.4) is 0 Å². The van der Waals surface area contributed by atoms with Gasteiger partial charge in [0.2, 0.25) is 0 Å². The predicted molar refractivity (Wildman–Crippen MR) is 83.4 cm³/mol. The van der Waals surface area contributed by atoms with Gasteiger partial charge in [-0.05, 0) is 33.8 Å². The summed E-state index contributed by atoms with van der Waals surface area (Å²) in [4.78, 5) is 29.9. The van der Waals surface area contributed by atoms with Gasteiger partial charge in [-0.15, -0.1) is 0 Å². The second kappa shape index (κ2) is 6.95. The molecular weight excluding hydrogens is 300 g/mol. The minimum atomic E-state index is -0.602. The van der Waals surface area contributed by atoms with Crippen LogP contribution in [0.4, 0.5) is 10.6 Å². The molecule has 7 nitrogen and oxygen atoms in total. The van der Waals surface area contributed by atoms with Crippen molar-refractivity contribution in [2.45, 2.75) is 39.9 Å². The molecule has 0 bridgehead atoms. The van der Waals surface area contributed by atoms with E-state index in [9.17, 15) is 9.59 Å². The summed E-state index contributed by atoms with van der Waals surface area (Å²) in [5.74, 6) is 0.000614. The second-order valence-corrected chi connectivity index (χ2v) is 6.11. The largest absolute Gasteiger partial charge is 0.462 e. The number of anilines is 1. The smallest absolute Gasteiger partial charge is 0.416 e. The molecule has 1 aliphatic rings. The molecule has 0 N–H and O–H groups in total. The summed E-state index contributed by atoms with van der Waals surface area (Å²) < 4.78 is 15.9. The fourth-order valence-electron chi connectivity index (χ4n) is 2.12. The summed E-state index contributed by atoms with van der Waals surface area (Å²) in [5, 5.41) is 0. The normalized spacial score (nSPS) is 14.7. The molecule has 0 spiro atoms. The molecule has 0 atom stereocenters. The van der Waals surface area contributed by atoms with Gasteiger partial charge in [0.25, 0.3) is 0 Å². The molecule has 0 saturated carbocycles. The number of esters is 1. The predicted octanol–water partition coefficient (Wildman–Crippen LogP) is 2.53. The van der Waals surface area contributed by atoms with Crippen molar-refractivity contribution in [3.63, 3.8) is 0 Å². The first-order chi connectivity index (χ1) is 10.8. The van der Waals surface area contributed by atoms with E-state index in [1.165, 1.54) is 11.1 Å². The standard InChI is InChI=1S/C16H22N2O5/c1-5-22-14(19)11-8-12-10-21-7-6-18(13(12)17-9-11)15(20)23-16(2,3)4/h8-9H,5-7,10H2,1-4H3. The maximum absolute atomic E-state index is 12.4. The SMILES string of the molecule is CCOC(=O)c1cnc2c(c1)COCCN2C(=O)OC(C)(C)C. The van der Waals surface area contributed by atoms with Crippen molar-refractivity contribution in [1.29, 1.82) is 0 Å². The molecule has 0 aromatic carbocycles. The number of carbonyl (C=O) groups is 2. The van der Waals surface area contributed by atoms with E-state index in [-0.39, 0.29) is 13.2 Å². The lowest BCUT2D eigenvalue weighted by atomic mass is 10.2. The number of amides is 1. The number of hydrogen-bond donors (Lipinski definition) is 0. The highest BCUT2D eigenvalue weighted by Crippen LogP contribution is 2.24. The van der Waals surface area contributed by atoms with E-state index in [1.54, 1.807) is 33.8 Å². The van der Waals surface area contributed by atoms with E-state index < -0.39 is 17.7 Å². The van der Waals surface area contributed by atoms with E-state index in [0.29, 0.717) is 30.1 Å². The third-order valence-corrected chi connectivity index (χ3v) is 3.04. The Hall–Kier alpha value is -2.15. The third-order valence-electron chi connectivity index (χ3n) is 3.04. The van der Waals surface area contributed by atoms with E-state index in [2.05, 4.69) is 4.98 Å². The molecule has 1 aliphatic heterocycles. The van der Waals surface area contributed by atoms with E-state index in [4.69, 9.17) is 14.2 Å². The van der Waals surface area contributed by atoms with Crippen LogP contribution in [0, 0.1) is 0 Å². The average Bonchev–Trinajstić information content (AvgIpc) is 2.67. The van der Waals surface area contributed by atoms with Crippen LogP contribution in [0.15, 0.2) is 12.3 Å². The zero-order chi connectivity index (χ0) is 17.0. The van der Waals surface area contributed by atoms with Crippen LogP contribution in [-0.2, 0) is 20.8 Å². The molecule has 1 aromatic heterocycles. The van der Waals surface area contributed by atoms with E-state index >= 15 is 0 Å². The Balaban J connectivity index is 2.30. The van der Waals surface area contributed by atoms with E-state index in [1.807, 2.05) is 0 Å². The van der Waals surface area contributed by atoms with Gasteiger partial charge >= 0.3 is 12.1 Å².